The molecule has 9 nitrogen and oxygen atoms in total. The van der Waals surface area contributed by atoms with E-state index in [1.54, 1.807) is 12.1 Å². The molecule has 2 bridgehead atoms. The van der Waals surface area contributed by atoms with Crippen LogP contribution in [0.15, 0.2) is 53.6 Å². The van der Waals surface area contributed by atoms with Crippen LogP contribution in [-0.4, -0.2) is 31.5 Å². The van der Waals surface area contributed by atoms with Crippen molar-refractivity contribution >= 4 is 11.8 Å². The topological polar surface area (TPSA) is 126 Å². The fourth-order valence-electron chi connectivity index (χ4n) is 4.91. The molecule has 3 aromatic rings. The van der Waals surface area contributed by atoms with Crippen LogP contribution < -0.4 is 16.2 Å². The number of carbonyl (C=O) groups is 2. The summed E-state index contributed by atoms with van der Waals surface area (Å²) in [6, 6.07) is 8.80. The van der Waals surface area contributed by atoms with Gasteiger partial charge in [-0.25, -0.2) is 9.37 Å². The van der Waals surface area contributed by atoms with Crippen molar-refractivity contribution in [3.8, 4) is 5.75 Å². The summed E-state index contributed by atoms with van der Waals surface area (Å²) in [7, 11) is 0. The molecule has 6 rings (SSSR count). The number of fused-ring (bicyclic) bond motifs is 2. The minimum atomic E-state index is -0.952. The van der Waals surface area contributed by atoms with Crippen LogP contribution in [0.1, 0.15) is 57.9 Å². The van der Waals surface area contributed by atoms with E-state index >= 15 is 0 Å². The van der Waals surface area contributed by atoms with Gasteiger partial charge >= 0.3 is 0 Å². The lowest BCUT2D eigenvalue weighted by molar-refractivity contribution is 0.0850. The van der Waals surface area contributed by atoms with E-state index in [4.69, 9.17) is 0 Å². The Hall–Kier alpha value is -4.08. The van der Waals surface area contributed by atoms with Crippen molar-refractivity contribution in [1.82, 2.24) is 25.2 Å². The highest BCUT2D eigenvalue weighted by Gasteiger charge is 2.46. The van der Waals surface area contributed by atoms with Crippen LogP contribution in [0.4, 0.5) is 4.39 Å². The zero-order chi connectivity index (χ0) is 24.6. The number of benzene rings is 1. The second-order valence-corrected chi connectivity index (χ2v) is 9.07. The molecule has 180 valence electrons. The van der Waals surface area contributed by atoms with Crippen molar-refractivity contribution in [2.75, 3.05) is 0 Å². The second-order valence-electron chi connectivity index (χ2n) is 9.07. The molecular formula is C25H24FN5O4. The van der Waals surface area contributed by atoms with Crippen LogP contribution in [0.25, 0.3) is 0 Å². The molecular weight excluding hydrogens is 453 g/mol. The fourth-order valence-corrected chi connectivity index (χ4v) is 4.91. The highest BCUT2D eigenvalue weighted by Crippen LogP contribution is 2.43. The molecule has 1 aliphatic carbocycles. The number of pyridine rings is 1. The molecule has 3 aliphatic rings. The highest BCUT2D eigenvalue weighted by atomic mass is 19.1. The first kappa shape index (κ1) is 22.7. The minimum Gasteiger partial charge on any atom is -0.501 e. The third-order valence-electron chi connectivity index (χ3n) is 6.85. The summed E-state index contributed by atoms with van der Waals surface area (Å²) < 4.78 is 14.5. The monoisotopic (exact) mass is 477 g/mol. The van der Waals surface area contributed by atoms with Gasteiger partial charge in [-0.2, -0.15) is 0 Å². The Morgan fingerprint density at radius 1 is 1.09 bits per heavy atom. The average Bonchev–Trinajstić information content (AvgIpc) is 3.12. The molecule has 0 saturated heterocycles. The number of rotatable bonds is 5. The quantitative estimate of drug-likeness (QED) is 0.518. The summed E-state index contributed by atoms with van der Waals surface area (Å²) in [4.78, 5) is 47.6. The lowest BCUT2D eigenvalue weighted by atomic mass is 9.77. The first-order chi connectivity index (χ1) is 16.9. The maximum atomic E-state index is 13.2. The third kappa shape index (κ3) is 4.27. The van der Waals surface area contributed by atoms with Crippen LogP contribution in [0.2, 0.25) is 0 Å². The number of amides is 2. The standard InChI is InChI=1S/C25H24FN5O4/c26-18-3-1-15(2-4-18)13-28-22(34)19-20(32)23(35)31-14-16-5-9-25(10-6-16,24(31)29-19)30-21(33)17-7-11-27-12-8-17/h1-4,7-8,11-12,16,32H,5-6,9-10,13-14H2,(H,28,34)(H,30,33). The number of hydrogen-bond donors (Lipinski definition) is 3. The van der Waals surface area contributed by atoms with Gasteiger partial charge < -0.3 is 15.7 Å². The average molecular weight is 477 g/mol. The maximum Gasteiger partial charge on any atom is 0.296 e. The van der Waals surface area contributed by atoms with E-state index in [0.29, 0.717) is 30.5 Å². The second kappa shape index (κ2) is 8.94. The third-order valence-corrected chi connectivity index (χ3v) is 6.85. The normalized spacial score (nSPS) is 20.5. The molecule has 2 aliphatic heterocycles. The van der Waals surface area contributed by atoms with Crippen LogP contribution in [-0.2, 0) is 18.6 Å². The first-order valence-electron chi connectivity index (χ1n) is 11.5. The van der Waals surface area contributed by atoms with Crippen molar-refractivity contribution in [2.45, 2.75) is 44.3 Å². The molecule has 1 saturated carbocycles. The van der Waals surface area contributed by atoms with Gasteiger partial charge in [0.25, 0.3) is 17.4 Å². The molecule has 0 radical (unpaired) electrons. The molecule has 3 N–H and O–H groups in total. The summed E-state index contributed by atoms with van der Waals surface area (Å²) >= 11 is 0. The zero-order valence-corrected chi connectivity index (χ0v) is 18.8. The molecule has 4 heterocycles. The van der Waals surface area contributed by atoms with Crippen LogP contribution in [0.3, 0.4) is 0 Å². The van der Waals surface area contributed by atoms with Crippen LogP contribution in [0.5, 0.6) is 5.75 Å². The van der Waals surface area contributed by atoms with Gasteiger partial charge in [0, 0.05) is 31.0 Å². The Morgan fingerprint density at radius 2 is 1.77 bits per heavy atom. The molecule has 0 spiro atoms. The number of nitrogens with zero attached hydrogens (tertiary/aromatic N) is 3. The molecule has 2 aromatic heterocycles. The lowest BCUT2D eigenvalue weighted by Crippen LogP contribution is -2.50. The predicted molar refractivity (Wildman–Crippen MR) is 123 cm³/mol. The Bertz CT molecular complexity index is 1330. The predicted octanol–water partition coefficient (Wildman–Crippen LogP) is 2.24. The fraction of sp³-hybridized carbons (Fsp3) is 0.320. The van der Waals surface area contributed by atoms with Gasteiger partial charge in [-0.15, -0.1) is 0 Å². The van der Waals surface area contributed by atoms with Gasteiger partial charge in [-0.3, -0.25) is 23.9 Å². The van der Waals surface area contributed by atoms with Crippen molar-refractivity contribution in [2.24, 2.45) is 5.92 Å². The number of carbonyl (C=O) groups excluding carboxylic acids is 2. The zero-order valence-electron chi connectivity index (χ0n) is 18.8. The molecule has 35 heavy (non-hydrogen) atoms. The molecule has 1 aromatic carbocycles. The smallest absolute Gasteiger partial charge is 0.296 e. The van der Waals surface area contributed by atoms with Crippen molar-refractivity contribution in [1.29, 1.82) is 0 Å². The number of aromatic nitrogens is 3. The van der Waals surface area contributed by atoms with Gasteiger partial charge in [-0.1, -0.05) is 12.1 Å². The van der Waals surface area contributed by atoms with Gasteiger partial charge in [0.15, 0.2) is 5.69 Å². The number of aromatic hydroxyl groups is 1. The Morgan fingerprint density at radius 3 is 2.46 bits per heavy atom. The Balaban J connectivity index is 1.50. The van der Waals surface area contributed by atoms with Crippen LogP contribution >= 0.6 is 0 Å². The summed E-state index contributed by atoms with van der Waals surface area (Å²) in [6.45, 7) is 0.420. The van der Waals surface area contributed by atoms with Gasteiger partial charge in [0.1, 0.15) is 11.6 Å². The summed E-state index contributed by atoms with van der Waals surface area (Å²) in [5.74, 6) is -1.71. The molecule has 0 unspecified atom stereocenters. The first-order valence-corrected chi connectivity index (χ1v) is 11.5. The molecule has 10 heteroatoms. The summed E-state index contributed by atoms with van der Waals surface area (Å²) in [5.41, 5.74) is -0.993. The van der Waals surface area contributed by atoms with E-state index in [0.717, 1.165) is 12.8 Å². The van der Waals surface area contributed by atoms with E-state index in [1.807, 2.05) is 0 Å². The maximum absolute atomic E-state index is 13.2. The largest absolute Gasteiger partial charge is 0.501 e. The van der Waals surface area contributed by atoms with E-state index in [2.05, 4.69) is 20.6 Å². The SMILES string of the molecule is O=C(NC12CCC(CC1)Cn1c2nc(C(=O)NCc2ccc(F)cc2)c(O)c1=O)c1ccncc1. The van der Waals surface area contributed by atoms with E-state index in [9.17, 15) is 23.9 Å². The number of nitrogens with one attached hydrogen (secondary N) is 2. The summed E-state index contributed by atoms with van der Waals surface area (Å²) in [6.07, 6.45) is 5.70. The van der Waals surface area contributed by atoms with Crippen molar-refractivity contribution in [3.05, 3.63) is 87.6 Å². The van der Waals surface area contributed by atoms with Gasteiger partial charge in [0.05, 0.1) is 5.54 Å². The minimum absolute atomic E-state index is 0.0602. The number of hydrogen-bond acceptors (Lipinski definition) is 6. The number of halogens is 1. The molecule has 0 atom stereocenters. The van der Waals surface area contributed by atoms with E-state index < -0.39 is 34.3 Å². The Kier molecular flexibility index (Phi) is 5.80. The van der Waals surface area contributed by atoms with Crippen LogP contribution in [0, 0.1) is 11.7 Å². The molecule has 2 amide bonds. The summed E-state index contributed by atoms with van der Waals surface area (Å²) in [5, 5.41) is 16.3. The highest BCUT2D eigenvalue weighted by molar-refractivity contribution is 5.95. The van der Waals surface area contributed by atoms with Crippen molar-refractivity contribution in [3.63, 3.8) is 0 Å². The van der Waals surface area contributed by atoms with Gasteiger partial charge in [-0.05, 0) is 61.4 Å². The van der Waals surface area contributed by atoms with Crippen molar-refractivity contribution < 1.29 is 19.1 Å². The van der Waals surface area contributed by atoms with E-state index in [-0.39, 0.29) is 24.2 Å². The Labute approximate surface area is 200 Å². The van der Waals surface area contributed by atoms with E-state index in [1.165, 1.54) is 41.2 Å². The van der Waals surface area contributed by atoms with Gasteiger partial charge in [0.2, 0.25) is 5.75 Å². The molecule has 1 fully saturated rings. The lowest BCUT2D eigenvalue weighted by Gasteiger charge is -2.37.